The van der Waals surface area contributed by atoms with Crippen LogP contribution < -0.4 is 11.1 Å². The van der Waals surface area contributed by atoms with Crippen LogP contribution in [0.25, 0.3) is 0 Å². The van der Waals surface area contributed by atoms with Gasteiger partial charge in [0.05, 0.1) is 5.02 Å². The fraction of sp³-hybridized carbons (Fsp3) is 0.429. The quantitative estimate of drug-likeness (QED) is 0.877. The molecule has 0 heterocycles. The predicted molar refractivity (Wildman–Crippen MR) is 75.9 cm³/mol. The summed E-state index contributed by atoms with van der Waals surface area (Å²) < 4.78 is 13.1. The molecule has 0 spiro atoms. The summed E-state index contributed by atoms with van der Waals surface area (Å²) in [5, 5.41) is 2.50. The molecule has 20 heavy (non-hydrogen) atoms. The molecule has 110 valence electrons. The maximum atomic E-state index is 13.1. The molecule has 0 aliphatic carbocycles. The van der Waals surface area contributed by atoms with Gasteiger partial charge in [-0.3, -0.25) is 9.59 Å². The van der Waals surface area contributed by atoms with Crippen molar-refractivity contribution in [2.45, 2.75) is 32.7 Å². The molecular formula is C14H18ClFN2O2. The van der Waals surface area contributed by atoms with Gasteiger partial charge in [-0.2, -0.15) is 0 Å². The van der Waals surface area contributed by atoms with Gasteiger partial charge in [0.25, 0.3) is 5.91 Å². The Kier molecular flexibility index (Phi) is 5.11. The molecule has 1 aromatic carbocycles. The van der Waals surface area contributed by atoms with Crippen LogP contribution in [0.4, 0.5) is 4.39 Å². The van der Waals surface area contributed by atoms with Crippen LogP contribution in [-0.4, -0.2) is 17.4 Å². The van der Waals surface area contributed by atoms with E-state index in [1.807, 2.05) is 0 Å². The van der Waals surface area contributed by atoms with Crippen molar-refractivity contribution >= 4 is 23.4 Å². The van der Waals surface area contributed by atoms with Crippen LogP contribution in [-0.2, 0) is 4.79 Å². The molecule has 3 N–H and O–H groups in total. The minimum absolute atomic E-state index is 0.150. The van der Waals surface area contributed by atoms with Crippen molar-refractivity contribution in [3.63, 3.8) is 0 Å². The van der Waals surface area contributed by atoms with Crippen LogP contribution >= 0.6 is 11.6 Å². The van der Waals surface area contributed by atoms with Gasteiger partial charge >= 0.3 is 0 Å². The maximum absolute atomic E-state index is 13.1. The summed E-state index contributed by atoms with van der Waals surface area (Å²) in [5.74, 6) is -1.90. The molecule has 0 aliphatic heterocycles. The average Bonchev–Trinajstić information content (AvgIpc) is 2.38. The minimum atomic E-state index is -1.14. The fourth-order valence-electron chi connectivity index (χ4n) is 2.07. The third-order valence-electron chi connectivity index (χ3n) is 3.50. The molecule has 0 fully saturated rings. The molecule has 4 nitrogen and oxygen atoms in total. The maximum Gasteiger partial charge on any atom is 0.252 e. The van der Waals surface area contributed by atoms with Crippen molar-refractivity contribution in [3.05, 3.63) is 34.6 Å². The molecule has 6 heteroatoms. The van der Waals surface area contributed by atoms with Gasteiger partial charge in [0.15, 0.2) is 0 Å². The number of nitrogens with two attached hydrogens (primary N) is 1. The van der Waals surface area contributed by atoms with Gasteiger partial charge < -0.3 is 11.1 Å². The number of amides is 2. The van der Waals surface area contributed by atoms with E-state index in [1.54, 1.807) is 20.8 Å². The Morgan fingerprint density at radius 2 is 2.05 bits per heavy atom. The number of rotatable bonds is 5. The van der Waals surface area contributed by atoms with Crippen LogP contribution in [0.3, 0.4) is 0 Å². The highest BCUT2D eigenvalue weighted by atomic mass is 35.5. The van der Waals surface area contributed by atoms with Crippen LogP contribution in [0, 0.1) is 11.7 Å². The van der Waals surface area contributed by atoms with Gasteiger partial charge in [0.2, 0.25) is 5.91 Å². The first kappa shape index (κ1) is 16.4. The van der Waals surface area contributed by atoms with Crippen LogP contribution in [0.15, 0.2) is 18.2 Å². The monoisotopic (exact) mass is 300 g/mol. The Hall–Kier alpha value is -1.62. The Balaban J connectivity index is 3.08. The zero-order valence-electron chi connectivity index (χ0n) is 11.7. The van der Waals surface area contributed by atoms with Crippen LogP contribution in [0.1, 0.15) is 37.6 Å². The molecule has 1 atom stereocenters. The zero-order valence-corrected chi connectivity index (χ0v) is 12.4. The van der Waals surface area contributed by atoms with E-state index in [2.05, 4.69) is 5.32 Å². The number of hydrogen-bond donors (Lipinski definition) is 2. The average molecular weight is 301 g/mol. The first-order chi connectivity index (χ1) is 9.24. The highest BCUT2D eigenvalue weighted by molar-refractivity contribution is 6.31. The standard InChI is InChI=1S/C14H18ClFN2O2/c1-4-14(8(2)3,13(17)20)18-12(19)9-5-6-11(16)10(15)7-9/h5-8H,4H2,1-3H3,(H2,17,20)(H,18,19). The van der Waals surface area contributed by atoms with Gasteiger partial charge in [0, 0.05) is 5.56 Å². The number of halogens is 2. The predicted octanol–water partition coefficient (Wildman–Crippen LogP) is 2.50. The summed E-state index contributed by atoms with van der Waals surface area (Å²) in [5.41, 5.74) is 4.46. The lowest BCUT2D eigenvalue weighted by Gasteiger charge is -2.34. The van der Waals surface area contributed by atoms with Crippen LogP contribution in [0.2, 0.25) is 5.02 Å². The van der Waals surface area contributed by atoms with Gasteiger partial charge in [0.1, 0.15) is 11.4 Å². The second kappa shape index (κ2) is 6.22. The Morgan fingerprint density at radius 1 is 1.45 bits per heavy atom. The third-order valence-corrected chi connectivity index (χ3v) is 3.79. The molecule has 1 aromatic rings. The Bertz CT molecular complexity index is 534. The summed E-state index contributed by atoms with van der Waals surface area (Å²) in [7, 11) is 0. The molecule has 0 aliphatic rings. The number of benzene rings is 1. The minimum Gasteiger partial charge on any atom is -0.368 e. The smallest absolute Gasteiger partial charge is 0.252 e. The van der Waals surface area contributed by atoms with Crippen molar-refractivity contribution in [2.24, 2.45) is 11.7 Å². The molecule has 0 bridgehead atoms. The summed E-state index contributed by atoms with van der Waals surface area (Å²) >= 11 is 5.64. The first-order valence-electron chi connectivity index (χ1n) is 6.32. The highest BCUT2D eigenvalue weighted by Gasteiger charge is 2.39. The lowest BCUT2D eigenvalue weighted by molar-refractivity contribution is -0.126. The normalized spacial score (nSPS) is 13.9. The number of carbonyl (C=O) groups is 2. The summed E-state index contributed by atoms with van der Waals surface area (Å²) in [4.78, 5) is 23.9. The van der Waals surface area contributed by atoms with E-state index in [-0.39, 0.29) is 16.5 Å². The molecule has 0 aromatic heterocycles. The number of primary amides is 1. The van der Waals surface area contributed by atoms with E-state index >= 15 is 0 Å². The number of hydrogen-bond acceptors (Lipinski definition) is 2. The topological polar surface area (TPSA) is 72.2 Å². The molecule has 1 rings (SSSR count). The van der Waals surface area contributed by atoms with Crippen molar-refractivity contribution in [2.75, 3.05) is 0 Å². The Morgan fingerprint density at radius 3 is 2.45 bits per heavy atom. The van der Waals surface area contributed by atoms with Gasteiger partial charge in [-0.15, -0.1) is 0 Å². The van der Waals surface area contributed by atoms with E-state index < -0.39 is 23.2 Å². The summed E-state index contributed by atoms with van der Waals surface area (Å²) in [6, 6.07) is 3.62. The number of nitrogens with one attached hydrogen (secondary N) is 1. The molecule has 0 radical (unpaired) electrons. The molecule has 0 saturated carbocycles. The summed E-state index contributed by atoms with van der Waals surface area (Å²) in [6.07, 6.45) is 0.362. The van der Waals surface area contributed by atoms with E-state index in [4.69, 9.17) is 17.3 Å². The lowest BCUT2D eigenvalue weighted by Crippen LogP contribution is -2.60. The van der Waals surface area contributed by atoms with Crippen molar-refractivity contribution < 1.29 is 14.0 Å². The largest absolute Gasteiger partial charge is 0.368 e. The first-order valence-corrected chi connectivity index (χ1v) is 6.69. The van der Waals surface area contributed by atoms with Crippen molar-refractivity contribution in [1.82, 2.24) is 5.32 Å². The molecule has 1 unspecified atom stereocenters. The van der Waals surface area contributed by atoms with E-state index in [0.717, 1.165) is 6.07 Å². The lowest BCUT2D eigenvalue weighted by atomic mass is 9.83. The van der Waals surface area contributed by atoms with Crippen molar-refractivity contribution in [3.8, 4) is 0 Å². The fourth-order valence-corrected chi connectivity index (χ4v) is 2.25. The van der Waals surface area contributed by atoms with E-state index in [1.165, 1.54) is 12.1 Å². The number of carbonyl (C=O) groups excluding carboxylic acids is 2. The molecule has 2 amide bonds. The third kappa shape index (κ3) is 3.10. The highest BCUT2D eigenvalue weighted by Crippen LogP contribution is 2.22. The van der Waals surface area contributed by atoms with Gasteiger partial charge in [-0.05, 0) is 30.5 Å². The molecule has 0 saturated heterocycles. The second-order valence-electron chi connectivity index (χ2n) is 4.93. The van der Waals surface area contributed by atoms with E-state index in [9.17, 15) is 14.0 Å². The van der Waals surface area contributed by atoms with E-state index in [0.29, 0.717) is 6.42 Å². The summed E-state index contributed by atoms with van der Waals surface area (Å²) in [6.45, 7) is 5.36. The van der Waals surface area contributed by atoms with Gasteiger partial charge in [-0.1, -0.05) is 32.4 Å². The Labute approximate surface area is 122 Å². The zero-order chi connectivity index (χ0) is 15.5. The molecular weight excluding hydrogens is 283 g/mol. The van der Waals surface area contributed by atoms with Gasteiger partial charge in [-0.25, -0.2) is 4.39 Å². The second-order valence-corrected chi connectivity index (χ2v) is 5.33. The van der Waals surface area contributed by atoms with Crippen LogP contribution in [0.5, 0.6) is 0 Å². The SMILES string of the molecule is CCC(NC(=O)c1ccc(F)c(Cl)c1)(C(N)=O)C(C)C. The van der Waals surface area contributed by atoms with Crippen molar-refractivity contribution in [1.29, 1.82) is 0 Å².